The summed E-state index contributed by atoms with van der Waals surface area (Å²) in [5.74, 6) is -0.644. The lowest BCUT2D eigenvalue weighted by atomic mass is 9.95. The summed E-state index contributed by atoms with van der Waals surface area (Å²) in [7, 11) is 2.95. The second kappa shape index (κ2) is 11.2. The molecule has 0 radical (unpaired) electrons. The van der Waals surface area contributed by atoms with E-state index >= 15 is 0 Å². The lowest BCUT2D eigenvalue weighted by molar-refractivity contribution is -0.132. The van der Waals surface area contributed by atoms with E-state index < -0.39 is 23.5 Å². The molecule has 1 aliphatic rings. The Morgan fingerprint density at radius 1 is 0.946 bits per heavy atom. The van der Waals surface area contributed by atoms with E-state index in [4.69, 9.17) is 37.4 Å². The van der Waals surface area contributed by atoms with Crippen molar-refractivity contribution in [2.24, 2.45) is 0 Å². The number of aliphatic hydroxyl groups is 1. The van der Waals surface area contributed by atoms with Crippen LogP contribution in [0.1, 0.15) is 30.5 Å². The molecule has 1 amide bonds. The van der Waals surface area contributed by atoms with Crippen LogP contribution in [0.2, 0.25) is 10.0 Å². The van der Waals surface area contributed by atoms with E-state index in [0.717, 1.165) is 6.42 Å². The van der Waals surface area contributed by atoms with Crippen LogP contribution in [0.3, 0.4) is 0 Å². The zero-order valence-electron chi connectivity index (χ0n) is 20.5. The molecule has 0 aliphatic carbocycles. The average molecular weight is 542 g/mol. The summed E-state index contributed by atoms with van der Waals surface area (Å²) in [6.45, 7) is 2.50. The fraction of sp³-hybridized carbons (Fsp3) is 0.214. The number of Topliss-reactive ketones (excluding diaryl/α,β-unsaturated/α-hetero) is 1. The Hall–Kier alpha value is -3.68. The normalized spacial score (nSPS) is 16.7. The van der Waals surface area contributed by atoms with Gasteiger partial charge in [-0.1, -0.05) is 42.3 Å². The fourth-order valence-electron chi connectivity index (χ4n) is 4.20. The third-order valence-electron chi connectivity index (χ3n) is 5.92. The SMILES string of the molecule is CCCOc1cccc(C2/C(=C(\O)c3cc(Cl)c(OC)c(Cl)c3)C(=O)C(=O)N2c2ccc(OC)cc2)c1. The van der Waals surface area contributed by atoms with Crippen LogP contribution < -0.4 is 19.1 Å². The molecule has 4 rings (SSSR count). The molecule has 0 spiro atoms. The van der Waals surface area contributed by atoms with Gasteiger partial charge in [0.25, 0.3) is 11.7 Å². The number of nitrogens with zero attached hydrogens (tertiary/aromatic N) is 1. The predicted octanol–water partition coefficient (Wildman–Crippen LogP) is 6.43. The minimum atomic E-state index is -0.946. The summed E-state index contributed by atoms with van der Waals surface area (Å²) in [5, 5.41) is 11.7. The highest BCUT2D eigenvalue weighted by Gasteiger charge is 2.47. The zero-order valence-corrected chi connectivity index (χ0v) is 22.0. The van der Waals surface area contributed by atoms with E-state index in [-0.39, 0.29) is 26.9 Å². The molecule has 1 fully saturated rings. The van der Waals surface area contributed by atoms with Gasteiger partial charge in [-0.15, -0.1) is 0 Å². The monoisotopic (exact) mass is 541 g/mol. The molecule has 192 valence electrons. The molecule has 1 saturated heterocycles. The Bertz CT molecular complexity index is 1350. The van der Waals surface area contributed by atoms with Crippen LogP contribution >= 0.6 is 23.2 Å². The van der Waals surface area contributed by atoms with E-state index in [9.17, 15) is 14.7 Å². The van der Waals surface area contributed by atoms with E-state index in [1.165, 1.54) is 31.3 Å². The number of amides is 1. The van der Waals surface area contributed by atoms with Gasteiger partial charge in [-0.25, -0.2) is 0 Å². The maximum absolute atomic E-state index is 13.4. The van der Waals surface area contributed by atoms with Crippen molar-refractivity contribution >= 4 is 46.3 Å². The maximum atomic E-state index is 13.4. The summed E-state index contributed by atoms with van der Waals surface area (Å²) in [4.78, 5) is 28.1. The second-order valence-electron chi connectivity index (χ2n) is 8.26. The maximum Gasteiger partial charge on any atom is 0.300 e. The van der Waals surface area contributed by atoms with Crippen molar-refractivity contribution in [3.8, 4) is 17.2 Å². The number of hydrogen-bond acceptors (Lipinski definition) is 6. The van der Waals surface area contributed by atoms with Crippen molar-refractivity contribution in [3.63, 3.8) is 0 Å². The van der Waals surface area contributed by atoms with Crippen LogP contribution in [0, 0.1) is 0 Å². The first-order valence-electron chi connectivity index (χ1n) is 11.5. The lowest BCUT2D eigenvalue weighted by Gasteiger charge is -2.26. The van der Waals surface area contributed by atoms with Crippen molar-refractivity contribution in [2.45, 2.75) is 19.4 Å². The first kappa shape index (κ1) is 26.4. The van der Waals surface area contributed by atoms with Crippen molar-refractivity contribution in [2.75, 3.05) is 25.7 Å². The van der Waals surface area contributed by atoms with E-state index in [1.54, 1.807) is 48.5 Å². The van der Waals surface area contributed by atoms with Gasteiger partial charge in [0.15, 0.2) is 5.75 Å². The molecule has 0 bridgehead atoms. The first-order valence-corrected chi connectivity index (χ1v) is 12.3. The van der Waals surface area contributed by atoms with Gasteiger partial charge in [0, 0.05) is 11.3 Å². The Labute approximate surface area is 224 Å². The summed E-state index contributed by atoms with van der Waals surface area (Å²) in [6.07, 6.45) is 0.813. The summed E-state index contributed by atoms with van der Waals surface area (Å²) in [6, 6.07) is 15.7. The number of carbonyl (C=O) groups excluding carboxylic acids is 2. The number of hydrogen-bond donors (Lipinski definition) is 1. The third-order valence-corrected chi connectivity index (χ3v) is 6.48. The zero-order chi connectivity index (χ0) is 26.7. The van der Waals surface area contributed by atoms with E-state index in [2.05, 4.69) is 0 Å². The molecule has 1 N–H and O–H groups in total. The largest absolute Gasteiger partial charge is 0.507 e. The minimum absolute atomic E-state index is 0.106. The minimum Gasteiger partial charge on any atom is -0.507 e. The van der Waals surface area contributed by atoms with Crippen molar-refractivity contribution in [3.05, 3.63) is 87.4 Å². The molecule has 1 atom stereocenters. The number of ether oxygens (including phenoxy) is 3. The highest BCUT2D eigenvalue weighted by Crippen LogP contribution is 2.44. The summed E-state index contributed by atoms with van der Waals surface area (Å²) in [5.41, 5.74) is 1.10. The molecular formula is C28H25Cl2NO6. The molecule has 3 aromatic rings. The number of benzene rings is 3. The Balaban J connectivity index is 1.92. The number of anilines is 1. The fourth-order valence-corrected chi connectivity index (χ4v) is 4.84. The van der Waals surface area contributed by atoms with Gasteiger partial charge in [0.1, 0.15) is 17.3 Å². The summed E-state index contributed by atoms with van der Waals surface area (Å²) < 4.78 is 16.2. The number of ketones is 1. The van der Waals surface area contributed by atoms with Gasteiger partial charge in [-0.05, 0) is 60.5 Å². The van der Waals surface area contributed by atoms with Gasteiger partial charge in [-0.3, -0.25) is 14.5 Å². The predicted molar refractivity (Wildman–Crippen MR) is 143 cm³/mol. The van der Waals surface area contributed by atoms with Crippen LogP contribution in [0.15, 0.2) is 66.2 Å². The van der Waals surface area contributed by atoms with Crippen LogP contribution in [0.25, 0.3) is 5.76 Å². The number of halogens is 2. The molecule has 1 heterocycles. The first-order chi connectivity index (χ1) is 17.8. The number of aliphatic hydroxyl groups excluding tert-OH is 1. The molecule has 7 nitrogen and oxygen atoms in total. The Morgan fingerprint density at radius 3 is 2.22 bits per heavy atom. The van der Waals surface area contributed by atoms with Crippen molar-refractivity contribution < 1.29 is 28.9 Å². The molecule has 37 heavy (non-hydrogen) atoms. The molecule has 0 saturated carbocycles. The van der Waals surface area contributed by atoms with Gasteiger partial charge in [0.2, 0.25) is 0 Å². The smallest absolute Gasteiger partial charge is 0.300 e. The van der Waals surface area contributed by atoms with Crippen LogP contribution in [0.4, 0.5) is 5.69 Å². The molecule has 0 aromatic heterocycles. The lowest BCUT2D eigenvalue weighted by Crippen LogP contribution is -2.29. The molecule has 1 unspecified atom stereocenters. The van der Waals surface area contributed by atoms with Gasteiger partial charge in [-0.2, -0.15) is 0 Å². The average Bonchev–Trinajstić information content (AvgIpc) is 3.17. The standard InChI is InChI=1S/C28H25Cl2NO6/c1-4-12-37-20-7-5-6-16(13-20)24-23(25(32)17-14-21(29)27(36-3)22(30)15-17)26(33)28(34)31(24)18-8-10-19(35-2)11-9-18/h5-11,13-15,24,32H,4,12H2,1-3H3/b25-23+. The molecular weight excluding hydrogens is 517 g/mol. The van der Waals surface area contributed by atoms with Crippen molar-refractivity contribution in [1.29, 1.82) is 0 Å². The van der Waals surface area contributed by atoms with Crippen molar-refractivity contribution in [1.82, 2.24) is 0 Å². The molecule has 3 aromatic carbocycles. The van der Waals surface area contributed by atoms with Gasteiger partial charge >= 0.3 is 0 Å². The topological polar surface area (TPSA) is 85.3 Å². The second-order valence-corrected chi connectivity index (χ2v) is 9.08. The quantitative estimate of drug-likeness (QED) is 0.201. The third kappa shape index (κ3) is 5.10. The highest BCUT2D eigenvalue weighted by molar-refractivity contribution is 6.51. The van der Waals surface area contributed by atoms with Crippen LogP contribution in [-0.2, 0) is 9.59 Å². The van der Waals surface area contributed by atoms with Crippen LogP contribution in [0.5, 0.6) is 17.2 Å². The molecule has 1 aliphatic heterocycles. The summed E-state index contributed by atoms with van der Waals surface area (Å²) >= 11 is 12.6. The van der Waals surface area contributed by atoms with E-state index in [1.807, 2.05) is 6.92 Å². The van der Waals surface area contributed by atoms with Gasteiger partial charge in [0.05, 0.1) is 42.5 Å². The highest BCUT2D eigenvalue weighted by atomic mass is 35.5. The Kier molecular flexibility index (Phi) is 7.95. The number of rotatable bonds is 8. The van der Waals surface area contributed by atoms with Gasteiger partial charge < -0.3 is 19.3 Å². The Morgan fingerprint density at radius 2 is 1.62 bits per heavy atom. The number of carbonyl (C=O) groups is 2. The number of methoxy groups -OCH3 is 2. The van der Waals surface area contributed by atoms with Crippen LogP contribution in [-0.4, -0.2) is 37.6 Å². The molecule has 9 heteroatoms. The van der Waals surface area contributed by atoms with E-state index in [0.29, 0.717) is 29.4 Å².